The molecule has 0 aliphatic heterocycles. The van der Waals surface area contributed by atoms with Crippen LogP contribution in [0.25, 0.3) is 0 Å². The van der Waals surface area contributed by atoms with E-state index in [1.54, 1.807) is 12.1 Å². The molecule has 0 bridgehead atoms. The molecule has 0 unspecified atom stereocenters. The lowest BCUT2D eigenvalue weighted by molar-refractivity contribution is 0.559. The number of rotatable bonds is 3. The molecular weight excluding hydrogens is 165 g/mol. The van der Waals surface area contributed by atoms with Crippen molar-refractivity contribution >= 4 is 5.69 Å². The lowest BCUT2D eigenvalue weighted by Crippen LogP contribution is -2.21. The van der Waals surface area contributed by atoms with Gasteiger partial charge in [-0.2, -0.15) is 0 Å². The van der Waals surface area contributed by atoms with Crippen LogP contribution >= 0.6 is 0 Å². The standard InChI is InChI=1S/C11H16FN/c1-8(2)9(3)13-11-6-4-10(12)5-7-11/h4-9,13H,1-3H3/t9-/m0/s1. The number of halogens is 1. The quantitative estimate of drug-likeness (QED) is 0.754. The lowest BCUT2D eigenvalue weighted by atomic mass is 10.1. The van der Waals surface area contributed by atoms with Crippen molar-refractivity contribution in [2.24, 2.45) is 5.92 Å². The number of hydrogen-bond acceptors (Lipinski definition) is 1. The highest BCUT2D eigenvalue weighted by molar-refractivity contribution is 5.43. The molecule has 0 fully saturated rings. The predicted molar refractivity (Wildman–Crippen MR) is 54.3 cm³/mol. The van der Waals surface area contributed by atoms with E-state index in [0.717, 1.165) is 5.69 Å². The van der Waals surface area contributed by atoms with Gasteiger partial charge in [0.15, 0.2) is 0 Å². The molecule has 1 atom stereocenters. The van der Waals surface area contributed by atoms with Gasteiger partial charge < -0.3 is 5.32 Å². The zero-order chi connectivity index (χ0) is 9.84. The molecule has 0 aliphatic rings. The van der Waals surface area contributed by atoms with Gasteiger partial charge in [-0.1, -0.05) is 13.8 Å². The van der Waals surface area contributed by atoms with Gasteiger partial charge in [0, 0.05) is 11.7 Å². The molecule has 0 aromatic heterocycles. The van der Waals surface area contributed by atoms with E-state index >= 15 is 0 Å². The molecule has 1 aromatic carbocycles. The SMILES string of the molecule is CC(C)[C@H](C)Nc1ccc(F)cc1. The molecular formula is C11H16FN. The van der Waals surface area contributed by atoms with Gasteiger partial charge in [-0.05, 0) is 37.1 Å². The maximum atomic E-state index is 12.6. The number of nitrogens with one attached hydrogen (secondary N) is 1. The van der Waals surface area contributed by atoms with Gasteiger partial charge in [0.25, 0.3) is 0 Å². The van der Waals surface area contributed by atoms with Crippen LogP contribution in [0.1, 0.15) is 20.8 Å². The van der Waals surface area contributed by atoms with Gasteiger partial charge in [0.2, 0.25) is 0 Å². The molecule has 0 heterocycles. The fourth-order valence-corrected chi connectivity index (χ4v) is 0.976. The van der Waals surface area contributed by atoms with Gasteiger partial charge in [0.05, 0.1) is 0 Å². The van der Waals surface area contributed by atoms with Crippen molar-refractivity contribution in [2.75, 3.05) is 5.32 Å². The summed E-state index contributed by atoms with van der Waals surface area (Å²) in [7, 11) is 0. The Morgan fingerprint density at radius 2 is 1.62 bits per heavy atom. The molecule has 13 heavy (non-hydrogen) atoms. The van der Waals surface area contributed by atoms with E-state index in [1.807, 2.05) is 0 Å². The number of hydrogen-bond donors (Lipinski definition) is 1. The molecule has 0 saturated carbocycles. The first-order chi connectivity index (χ1) is 6.09. The van der Waals surface area contributed by atoms with Crippen molar-refractivity contribution in [3.63, 3.8) is 0 Å². The van der Waals surface area contributed by atoms with Crippen molar-refractivity contribution in [2.45, 2.75) is 26.8 Å². The van der Waals surface area contributed by atoms with Gasteiger partial charge in [-0.15, -0.1) is 0 Å². The van der Waals surface area contributed by atoms with Crippen LogP contribution in [-0.4, -0.2) is 6.04 Å². The summed E-state index contributed by atoms with van der Waals surface area (Å²) in [5.74, 6) is 0.382. The largest absolute Gasteiger partial charge is 0.382 e. The lowest BCUT2D eigenvalue weighted by Gasteiger charge is -2.18. The Morgan fingerprint density at radius 1 is 1.08 bits per heavy atom. The second-order valence-corrected chi connectivity index (χ2v) is 3.68. The summed E-state index contributed by atoms with van der Waals surface area (Å²) in [6, 6.07) is 6.86. The minimum atomic E-state index is -0.192. The fraction of sp³-hybridized carbons (Fsp3) is 0.455. The van der Waals surface area contributed by atoms with Crippen molar-refractivity contribution in [1.29, 1.82) is 0 Å². The zero-order valence-electron chi connectivity index (χ0n) is 8.34. The highest BCUT2D eigenvalue weighted by Crippen LogP contribution is 2.12. The maximum Gasteiger partial charge on any atom is 0.123 e. The Hall–Kier alpha value is -1.05. The first-order valence-corrected chi connectivity index (χ1v) is 4.61. The van der Waals surface area contributed by atoms with E-state index in [4.69, 9.17) is 0 Å². The summed E-state index contributed by atoms with van der Waals surface area (Å²) in [6.07, 6.45) is 0. The smallest absolute Gasteiger partial charge is 0.123 e. The van der Waals surface area contributed by atoms with E-state index in [2.05, 4.69) is 26.1 Å². The average molecular weight is 181 g/mol. The van der Waals surface area contributed by atoms with Crippen LogP contribution in [0.2, 0.25) is 0 Å². The maximum absolute atomic E-state index is 12.6. The van der Waals surface area contributed by atoms with Crippen molar-refractivity contribution < 1.29 is 4.39 Å². The third-order valence-electron chi connectivity index (χ3n) is 2.24. The second kappa shape index (κ2) is 4.26. The van der Waals surface area contributed by atoms with Crippen LogP contribution in [0.4, 0.5) is 10.1 Å². The summed E-state index contributed by atoms with van der Waals surface area (Å²) in [6.45, 7) is 6.43. The molecule has 0 spiro atoms. The van der Waals surface area contributed by atoms with E-state index in [1.165, 1.54) is 12.1 Å². The van der Waals surface area contributed by atoms with Crippen molar-refractivity contribution in [1.82, 2.24) is 0 Å². The summed E-state index contributed by atoms with van der Waals surface area (Å²) in [5.41, 5.74) is 0.975. The molecule has 1 aromatic rings. The Kier molecular flexibility index (Phi) is 3.29. The fourth-order valence-electron chi connectivity index (χ4n) is 0.976. The van der Waals surface area contributed by atoms with E-state index < -0.39 is 0 Å². The third-order valence-corrected chi connectivity index (χ3v) is 2.24. The number of benzene rings is 1. The summed E-state index contributed by atoms with van der Waals surface area (Å²) in [5, 5.41) is 3.30. The first kappa shape index (κ1) is 10.0. The molecule has 0 aliphatic carbocycles. The van der Waals surface area contributed by atoms with Gasteiger partial charge >= 0.3 is 0 Å². The molecule has 0 amide bonds. The third kappa shape index (κ3) is 3.05. The molecule has 1 N–H and O–H groups in total. The van der Waals surface area contributed by atoms with E-state index in [0.29, 0.717) is 12.0 Å². The van der Waals surface area contributed by atoms with Crippen LogP contribution in [0, 0.1) is 11.7 Å². The minimum Gasteiger partial charge on any atom is -0.382 e. The number of anilines is 1. The monoisotopic (exact) mass is 181 g/mol. The van der Waals surface area contributed by atoms with Crippen molar-refractivity contribution in [3.8, 4) is 0 Å². The van der Waals surface area contributed by atoms with Gasteiger partial charge in [-0.25, -0.2) is 4.39 Å². The van der Waals surface area contributed by atoms with E-state index in [-0.39, 0.29) is 5.82 Å². The highest BCUT2D eigenvalue weighted by Gasteiger charge is 2.05. The Balaban J connectivity index is 2.59. The summed E-state index contributed by atoms with van der Waals surface area (Å²) < 4.78 is 12.6. The Bertz CT molecular complexity index is 253. The van der Waals surface area contributed by atoms with Crippen molar-refractivity contribution in [3.05, 3.63) is 30.1 Å². The van der Waals surface area contributed by atoms with Gasteiger partial charge in [0.1, 0.15) is 5.82 Å². The Labute approximate surface area is 79.0 Å². The molecule has 72 valence electrons. The molecule has 2 heteroatoms. The normalized spacial score (nSPS) is 13.0. The minimum absolute atomic E-state index is 0.192. The van der Waals surface area contributed by atoms with Crippen LogP contribution in [0.15, 0.2) is 24.3 Å². The topological polar surface area (TPSA) is 12.0 Å². The predicted octanol–water partition coefficient (Wildman–Crippen LogP) is 3.28. The van der Waals surface area contributed by atoms with Gasteiger partial charge in [-0.3, -0.25) is 0 Å². The molecule has 1 nitrogen and oxygen atoms in total. The second-order valence-electron chi connectivity index (χ2n) is 3.68. The molecule has 1 rings (SSSR count). The summed E-state index contributed by atoms with van der Waals surface area (Å²) >= 11 is 0. The first-order valence-electron chi connectivity index (χ1n) is 4.61. The van der Waals surface area contributed by atoms with Crippen LogP contribution in [0.3, 0.4) is 0 Å². The Morgan fingerprint density at radius 3 is 2.08 bits per heavy atom. The highest BCUT2D eigenvalue weighted by atomic mass is 19.1. The average Bonchev–Trinajstić information content (AvgIpc) is 2.08. The molecule has 0 saturated heterocycles. The van der Waals surface area contributed by atoms with Crippen LogP contribution in [0.5, 0.6) is 0 Å². The molecule has 0 radical (unpaired) electrons. The van der Waals surface area contributed by atoms with Crippen LogP contribution in [-0.2, 0) is 0 Å². The van der Waals surface area contributed by atoms with E-state index in [9.17, 15) is 4.39 Å². The summed E-state index contributed by atoms with van der Waals surface area (Å²) in [4.78, 5) is 0. The zero-order valence-corrected chi connectivity index (χ0v) is 8.34. The van der Waals surface area contributed by atoms with Crippen LogP contribution < -0.4 is 5.32 Å².